The van der Waals surface area contributed by atoms with Crippen molar-refractivity contribution in [1.29, 1.82) is 0 Å². The van der Waals surface area contributed by atoms with Gasteiger partial charge in [0.15, 0.2) is 11.9 Å². The van der Waals surface area contributed by atoms with Crippen LogP contribution >= 0.6 is 0 Å². The zero-order valence-electron chi connectivity index (χ0n) is 20.3. The molecule has 1 atom stereocenters. The van der Waals surface area contributed by atoms with Gasteiger partial charge in [0.05, 0.1) is 17.9 Å². The predicted molar refractivity (Wildman–Crippen MR) is 142 cm³/mol. The van der Waals surface area contributed by atoms with Crippen LogP contribution < -0.4 is 10.2 Å². The minimum absolute atomic E-state index is 0.0666. The van der Waals surface area contributed by atoms with Crippen LogP contribution in [0.3, 0.4) is 0 Å². The summed E-state index contributed by atoms with van der Waals surface area (Å²) < 4.78 is 11.6. The third kappa shape index (κ3) is 4.88. The van der Waals surface area contributed by atoms with Crippen molar-refractivity contribution < 1.29 is 13.9 Å². The van der Waals surface area contributed by atoms with Gasteiger partial charge in [-0.25, -0.2) is 0 Å². The molecule has 2 aliphatic rings. The summed E-state index contributed by atoms with van der Waals surface area (Å²) in [7, 11) is 0. The Bertz CT molecular complexity index is 1420. The van der Waals surface area contributed by atoms with Crippen molar-refractivity contribution in [2.24, 2.45) is 4.99 Å². The zero-order valence-corrected chi connectivity index (χ0v) is 20.3. The first-order valence-corrected chi connectivity index (χ1v) is 12.5. The Kier molecular flexibility index (Phi) is 6.47. The molecule has 3 heterocycles. The van der Waals surface area contributed by atoms with Gasteiger partial charge in [0, 0.05) is 42.9 Å². The Balaban J connectivity index is 1.31. The topological polar surface area (TPSA) is 92.9 Å². The Labute approximate surface area is 215 Å². The standard InChI is InChI=1S/C29H27N5O3/c35-25-19-21-11-4-5-12-22(21)26(20-9-2-1-3-10-20)30-27(25)31-29-33-32-28(37-29)23-13-6-7-14-24(23)34-15-8-17-36-18-16-34/h1-7,9-14,27H,8,15-19H2,(H,31,33). The molecule has 0 radical (unpaired) electrons. The number of rotatable bonds is 5. The molecular formula is C29H27N5O3. The van der Waals surface area contributed by atoms with Crippen LogP contribution in [0.1, 0.15) is 23.1 Å². The van der Waals surface area contributed by atoms with Gasteiger partial charge in [-0.1, -0.05) is 71.8 Å². The molecule has 6 rings (SSSR count). The number of carbonyl (C=O) groups excluding carboxylic acids is 1. The van der Waals surface area contributed by atoms with Gasteiger partial charge in [0.25, 0.3) is 5.89 Å². The highest BCUT2D eigenvalue weighted by molar-refractivity contribution is 6.16. The van der Waals surface area contributed by atoms with Gasteiger partial charge < -0.3 is 19.4 Å². The number of hydrogen-bond acceptors (Lipinski definition) is 8. The molecule has 1 fully saturated rings. The lowest BCUT2D eigenvalue weighted by atomic mass is 9.96. The molecule has 1 aromatic heterocycles. The Morgan fingerprint density at radius 3 is 2.51 bits per heavy atom. The molecule has 1 saturated heterocycles. The van der Waals surface area contributed by atoms with E-state index in [1.54, 1.807) is 0 Å². The summed E-state index contributed by atoms with van der Waals surface area (Å²) in [5.41, 5.74) is 5.46. The van der Waals surface area contributed by atoms with E-state index in [0.717, 1.165) is 59.8 Å². The molecule has 1 N–H and O–H groups in total. The fourth-order valence-electron chi connectivity index (χ4n) is 4.82. The van der Waals surface area contributed by atoms with Crippen LogP contribution in [0.15, 0.2) is 88.3 Å². The van der Waals surface area contributed by atoms with E-state index in [1.165, 1.54) is 0 Å². The van der Waals surface area contributed by atoms with E-state index in [0.29, 0.717) is 12.5 Å². The Morgan fingerprint density at radius 1 is 0.838 bits per heavy atom. The summed E-state index contributed by atoms with van der Waals surface area (Å²) in [5.74, 6) is 0.322. The average molecular weight is 494 g/mol. The summed E-state index contributed by atoms with van der Waals surface area (Å²) in [6, 6.07) is 25.9. The van der Waals surface area contributed by atoms with Gasteiger partial charge in [-0.05, 0) is 24.1 Å². The number of ether oxygens (including phenoxy) is 1. The molecule has 8 heteroatoms. The molecule has 3 aromatic carbocycles. The third-order valence-corrected chi connectivity index (χ3v) is 6.63. The van der Waals surface area contributed by atoms with E-state index in [-0.39, 0.29) is 18.2 Å². The summed E-state index contributed by atoms with van der Waals surface area (Å²) >= 11 is 0. The largest absolute Gasteiger partial charge is 0.403 e. The number of aromatic nitrogens is 2. The molecule has 4 aromatic rings. The molecule has 0 aliphatic carbocycles. The highest BCUT2D eigenvalue weighted by atomic mass is 16.5. The van der Waals surface area contributed by atoms with Gasteiger partial charge >= 0.3 is 6.01 Å². The van der Waals surface area contributed by atoms with E-state index in [9.17, 15) is 4.79 Å². The fourth-order valence-corrected chi connectivity index (χ4v) is 4.82. The summed E-state index contributed by atoms with van der Waals surface area (Å²) in [4.78, 5) is 20.4. The minimum Gasteiger partial charge on any atom is -0.403 e. The minimum atomic E-state index is -0.853. The average Bonchev–Trinajstić information content (AvgIpc) is 3.15. The zero-order chi connectivity index (χ0) is 25.0. The normalized spacial score (nSPS) is 17.9. The fraction of sp³-hybridized carbons (Fsp3) is 0.241. The third-order valence-electron chi connectivity index (χ3n) is 6.63. The summed E-state index contributed by atoms with van der Waals surface area (Å²) in [5, 5.41) is 11.6. The highest BCUT2D eigenvalue weighted by Crippen LogP contribution is 2.31. The number of Topliss-reactive ketones (excluding diaryl/α,β-unsaturated/α-hetero) is 1. The van der Waals surface area contributed by atoms with Crippen molar-refractivity contribution in [1.82, 2.24) is 10.2 Å². The van der Waals surface area contributed by atoms with E-state index < -0.39 is 6.17 Å². The number of hydrogen-bond donors (Lipinski definition) is 1. The van der Waals surface area contributed by atoms with Crippen molar-refractivity contribution >= 4 is 23.2 Å². The van der Waals surface area contributed by atoms with Crippen LogP contribution in [-0.4, -0.2) is 54.2 Å². The van der Waals surface area contributed by atoms with Gasteiger partial charge in [-0.15, -0.1) is 5.10 Å². The molecule has 0 amide bonds. The number of fused-ring (bicyclic) bond motifs is 1. The van der Waals surface area contributed by atoms with Crippen LogP contribution in [0.5, 0.6) is 0 Å². The number of ketones is 1. The van der Waals surface area contributed by atoms with Crippen LogP contribution in [0.4, 0.5) is 11.7 Å². The monoisotopic (exact) mass is 493 g/mol. The van der Waals surface area contributed by atoms with Crippen LogP contribution in [0.25, 0.3) is 11.5 Å². The SMILES string of the molecule is O=C1Cc2ccccc2C(c2ccccc2)=NC1Nc1nnc(-c2ccccc2N2CCCOCC2)o1. The molecule has 186 valence electrons. The number of benzene rings is 3. The van der Waals surface area contributed by atoms with Crippen molar-refractivity contribution in [2.75, 3.05) is 36.5 Å². The van der Waals surface area contributed by atoms with E-state index in [2.05, 4.69) is 26.5 Å². The first kappa shape index (κ1) is 23.1. The van der Waals surface area contributed by atoms with Crippen LogP contribution in [0, 0.1) is 0 Å². The number of nitrogens with one attached hydrogen (secondary N) is 1. The first-order chi connectivity index (χ1) is 18.3. The maximum Gasteiger partial charge on any atom is 0.317 e. The molecular weight excluding hydrogens is 466 g/mol. The molecule has 0 saturated carbocycles. The smallest absolute Gasteiger partial charge is 0.317 e. The van der Waals surface area contributed by atoms with Crippen LogP contribution in [-0.2, 0) is 16.0 Å². The van der Waals surface area contributed by atoms with Crippen molar-refractivity contribution in [3.8, 4) is 11.5 Å². The number of nitrogens with zero attached hydrogens (tertiary/aromatic N) is 4. The number of aliphatic imine (C=N–C) groups is 1. The highest BCUT2D eigenvalue weighted by Gasteiger charge is 2.27. The number of carbonyl (C=O) groups is 1. The van der Waals surface area contributed by atoms with E-state index in [1.807, 2.05) is 72.8 Å². The maximum atomic E-state index is 13.3. The lowest BCUT2D eigenvalue weighted by molar-refractivity contribution is -0.119. The van der Waals surface area contributed by atoms with Gasteiger partial charge in [-0.3, -0.25) is 9.79 Å². The second-order valence-electron chi connectivity index (χ2n) is 9.07. The second kappa shape index (κ2) is 10.4. The molecule has 2 aliphatic heterocycles. The molecule has 37 heavy (non-hydrogen) atoms. The van der Waals surface area contributed by atoms with Crippen molar-refractivity contribution in [3.05, 3.63) is 95.6 Å². The van der Waals surface area contributed by atoms with Crippen molar-refractivity contribution in [3.63, 3.8) is 0 Å². The van der Waals surface area contributed by atoms with Gasteiger partial charge in [-0.2, -0.15) is 0 Å². The quantitative estimate of drug-likeness (QED) is 0.441. The van der Waals surface area contributed by atoms with E-state index >= 15 is 0 Å². The number of para-hydroxylation sites is 1. The molecule has 0 bridgehead atoms. The van der Waals surface area contributed by atoms with E-state index in [4.69, 9.17) is 14.1 Å². The lowest BCUT2D eigenvalue weighted by Gasteiger charge is -2.23. The van der Waals surface area contributed by atoms with Crippen LogP contribution in [0.2, 0.25) is 0 Å². The second-order valence-corrected chi connectivity index (χ2v) is 9.07. The molecule has 8 nitrogen and oxygen atoms in total. The van der Waals surface area contributed by atoms with Gasteiger partial charge in [0.2, 0.25) is 0 Å². The summed E-state index contributed by atoms with van der Waals surface area (Å²) in [6.45, 7) is 3.13. The Morgan fingerprint density at radius 2 is 1.62 bits per heavy atom. The molecule has 1 unspecified atom stereocenters. The molecule has 0 spiro atoms. The summed E-state index contributed by atoms with van der Waals surface area (Å²) in [6.07, 6.45) is 0.363. The maximum absolute atomic E-state index is 13.3. The first-order valence-electron chi connectivity index (χ1n) is 12.5. The lowest BCUT2D eigenvalue weighted by Crippen LogP contribution is -2.29. The van der Waals surface area contributed by atoms with Gasteiger partial charge in [0.1, 0.15) is 0 Å². The number of anilines is 2. The Hall–Kier alpha value is -4.30. The predicted octanol–water partition coefficient (Wildman–Crippen LogP) is 4.36. The van der Waals surface area contributed by atoms with Crippen molar-refractivity contribution in [2.45, 2.75) is 19.0 Å².